The van der Waals surface area contributed by atoms with E-state index in [9.17, 15) is 0 Å². The average molecular weight is 354 g/mol. The molecule has 1 heteroatoms. The third-order valence-corrected chi connectivity index (χ3v) is 4.50. The zero-order valence-electron chi connectivity index (χ0n) is 17.7. The van der Waals surface area contributed by atoms with Crippen LogP contribution in [0.1, 0.15) is 51.2 Å². The summed E-state index contributed by atoms with van der Waals surface area (Å²) in [7, 11) is 0. The van der Waals surface area contributed by atoms with Gasteiger partial charge in [0.2, 0.25) is 0 Å². The first-order chi connectivity index (χ1) is 12.4. The average Bonchev–Trinajstić information content (AvgIpc) is 2.62. The van der Waals surface area contributed by atoms with E-state index >= 15 is 0 Å². The van der Waals surface area contributed by atoms with Crippen LogP contribution in [0.3, 0.4) is 0 Å². The van der Waals surface area contributed by atoms with Gasteiger partial charge in [0.25, 0.3) is 0 Å². The van der Waals surface area contributed by atoms with E-state index in [1.807, 2.05) is 18.2 Å². The highest BCUT2D eigenvalue weighted by molar-refractivity contribution is 5.24. The lowest BCUT2D eigenvalue weighted by Gasteiger charge is -2.29. The Hall–Kier alpha value is -2.02. The quantitative estimate of drug-likeness (QED) is 0.316. The molecule has 26 heavy (non-hydrogen) atoms. The smallest absolute Gasteiger partial charge is 0.0426 e. The van der Waals surface area contributed by atoms with Crippen molar-refractivity contribution in [2.45, 2.75) is 53.9 Å². The molecule has 0 heterocycles. The Balaban J connectivity index is 0.000000642. The molecular weight excluding hydrogens is 314 g/mol. The molecule has 1 nitrogen and oxygen atoms in total. The van der Waals surface area contributed by atoms with Crippen LogP contribution in [0.5, 0.6) is 0 Å². The molecule has 144 valence electrons. The van der Waals surface area contributed by atoms with Crippen molar-refractivity contribution in [2.24, 2.45) is 5.92 Å². The van der Waals surface area contributed by atoms with Crippen LogP contribution in [0.2, 0.25) is 0 Å². The van der Waals surface area contributed by atoms with Crippen molar-refractivity contribution in [3.05, 3.63) is 84.6 Å². The monoisotopic (exact) mass is 353 g/mol. The number of aryl methyl sites for hydroxylation is 2. The molecular formula is C25H39N. The summed E-state index contributed by atoms with van der Waals surface area (Å²) < 4.78 is 0. The van der Waals surface area contributed by atoms with Crippen molar-refractivity contribution < 1.29 is 0 Å². The van der Waals surface area contributed by atoms with Gasteiger partial charge in [0.05, 0.1) is 0 Å². The third kappa shape index (κ3) is 10.1. The minimum atomic E-state index is 0.487. The summed E-state index contributed by atoms with van der Waals surface area (Å²) in [6.45, 7) is 24.6. The van der Waals surface area contributed by atoms with Gasteiger partial charge in [-0.05, 0) is 42.9 Å². The molecule has 1 rings (SSSR count). The fourth-order valence-electron chi connectivity index (χ4n) is 2.46. The van der Waals surface area contributed by atoms with Gasteiger partial charge in [0, 0.05) is 18.8 Å². The van der Waals surface area contributed by atoms with Crippen LogP contribution in [0.25, 0.3) is 0 Å². The maximum atomic E-state index is 4.22. The molecule has 0 saturated heterocycles. The van der Waals surface area contributed by atoms with E-state index in [4.69, 9.17) is 0 Å². The lowest BCUT2D eigenvalue weighted by atomic mass is 10.1. The van der Waals surface area contributed by atoms with E-state index in [1.54, 1.807) is 0 Å². The Kier molecular flexibility index (Phi) is 13.1. The summed E-state index contributed by atoms with van der Waals surface area (Å²) in [5, 5.41) is 0. The fraction of sp³-hybridized carbons (Fsp3) is 0.440. The summed E-state index contributed by atoms with van der Waals surface area (Å²) in [5.41, 5.74) is 5.14. The second kappa shape index (κ2) is 14.2. The summed E-state index contributed by atoms with van der Waals surface area (Å²) in [5.74, 6) is 0.487. The maximum Gasteiger partial charge on any atom is 0.0426 e. The van der Waals surface area contributed by atoms with Crippen LogP contribution in [0.4, 0.5) is 0 Å². The number of unbranched alkanes of at least 4 members (excludes halogenated alkanes) is 2. The molecule has 0 bridgehead atoms. The summed E-state index contributed by atoms with van der Waals surface area (Å²) in [6, 6.07) is 8.36. The van der Waals surface area contributed by atoms with Crippen molar-refractivity contribution in [3.63, 3.8) is 0 Å². The Morgan fingerprint density at radius 3 is 2.04 bits per heavy atom. The Morgan fingerprint density at radius 1 is 1.08 bits per heavy atom. The summed E-state index contributed by atoms with van der Waals surface area (Å²) in [4.78, 5) is 2.37. The largest absolute Gasteiger partial charge is 0.371 e. The van der Waals surface area contributed by atoms with E-state index in [-0.39, 0.29) is 0 Å². The number of rotatable bonds is 10. The second-order valence-corrected chi connectivity index (χ2v) is 7.04. The van der Waals surface area contributed by atoms with E-state index < -0.39 is 0 Å². The molecule has 1 aromatic carbocycles. The highest BCUT2D eigenvalue weighted by Gasteiger charge is 2.11. The van der Waals surface area contributed by atoms with Gasteiger partial charge in [-0.3, -0.25) is 0 Å². The van der Waals surface area contributed by atoms with Crippen LogP contribution in [0.15, 0.2) is 73.5 Å². The zero-order chi connectivity index (χ0) is 19.9. The van der Waals surface area contributed by atoms with Crippen molar-refractivity contribution in [1.82, 2.24) is 4.90 Å². The van der Waals surface area contributed by atoms with Crippen LogP contribution in [-0.2, 0) is 0 Å². The number of hydrogen-bond donors (Lipinski definition) is 0. The normalized spacial score (nSPS) is 10.8. The topological polar surface area (TPSA) is 3.24 Å². The number of benzene rings is 1. The molecule has 0 aliphatic rings. The second-order valence-electron chi connectivity index (χ2n) is 7.04. The van der Waals surface area contributed by atoms with Gasteiger partial charge in [0.1, 0.15) is 0 Å². The first kappa shape index (κ1) is 24.0. The molecule has 1 aromatic rings. The number of allylic oxidation sites excluding steroid dienone is 3. The maximum absolute atomic E-state index is 4.22. The summed E-state index contributed by atoms with van der Waals surface area (Å²) >= 11 is 0. The van der Waals surface area contributed by atoms with Crippen LogP contribution in [-0.4, -0.2) is 18.0 Å². The molecule has 0 spiro atoms. The first-order valence-corrected chi connectivity index (χ1v) is 9.77. The van der Waals surface area contributed by atoms with Crippen molar-refractivity contribution in [2.75, 3.05) is 13.1 Å². The Labute approximate surface area is 162 Å². The predicted molar refractivity (Wildman–Crippen MR) is 119 cm³/mol. The molecule has 0 saturated carbocycles. The molecule has 0 radical (unpaired) electrons. The van der Waals surface area contributed by atoms with E-state index in [0.29, 0.717) is 5.92 Å². The lowest BCUT2D eigenvalue weighted by molar-refractivity contribution is 0.331. The highest BCUT2D eigenvalue weighted by atomic mass is 15.1. The van der Waals surface area contributed by atoms with Crippen LogP contribution in [0, 0.1) is 19.8 Å². The molecule has 0 aliphatic carbocycles. The number of hydrogen-bond acceptors (Lipinski definition) is 1. The van der Waals surface area contributed by atoms with Gasteiger partial charge in [-0.1, -0.05) is 95.8 Å². The van der Waals surface area contributed by atoms with E-state index in [0.717, 1.165) is 13.1 Å². The predicted octanol–water partition coefficient (Wildman–Crippen LogP) is 7.25. The fourth-order valence-corrected chi connectivity index (χ4v) is 2.46. The van der Waals surface area contributed by atoms with Crippen molar-refractivity contribution in [1.29, 1.82) is 0 Å². The first-order valence-electron chi connectivity index (χ1n) is 9.77. The molecule has 0 unspecified atom stereocenters. The van der Waals surface area contributed by atoms with Gasteiger partial charge < -0.3 is 4.90 Å². The SMILES string of the molecule is C=C/C=C(\C=C)CN(CCCCC)C(=C)C(C)C.Cc1ccccc1C. The third-order valence-electron chi connectivity index (χ3n) is 4.50. The molecule has 0 atom stereocenters. The van der Waals surface area contributed by atoms with Crippen LogP contribution < -0.4 is 0 Å². The Morgan fingerprint density at radius 2 is 1.65 bits per heavy atom. The minimum Gasteiger partial charge on any atom is -0.371 e. The van der Waals surface area contributed by atoms with Crippen molar-refractivity contribution >= 4 is 0 Å². The van der Waals surface area contributed by atoms with Gasteiger partial charge in [-0.2, -0.15) is 0 Å². The zero-order valence-corrected chi connectivity index (χ0v) is 17.7. The highest BCUT2D eigenvalue weighted by Crippen LogP contribution is 2.16. The van der Waals surface area contributed by atoms with Gasteiger partial charge in [0.15, 0.2) is 0 Å². The lowest BCUT2D eigenvalue weighted by Crippen LogP contribution is -2.28. The standard InChI is InChI=1S/C17H29N.C8H10/c1-7-10-11-13-18(16(6)15(4)5)14-17(9-3)12-8-2;1-7-5-3-4-6-8(7)2/h8-9,12,15H,2-3,6-7,10-11,13-14H2,1,4-5H3;3-6H,1-2H3/b17-12+;. The summed E-state index contributed by atoms with van der Waals surface area (Å²) in [6.07, 6.45) is 9.49. The van der Waals surface area contributed by atoms with Gasteiger partial charge in [-0.15, -0.1) is 0 Å². The number of nitrogens with zero attached hydrogens (tertiary/aromatic N) is 1. The van der Waals surface area contributed by atoms with Gasteiger partial charge >= 0.3 is 0 Å². The van der Waals surface area contributed by atoms with E-state index in [1.165, 1.54) is 41.7 Å². The molecule has 0 N–H and O–H groups in total. The van der Waals surface area contributed by atoms with Crippen LogP contribution >= 0.6 is 0 Å². The van der Waals surface area contributed by atoms with E-state index in [2.05, 4.69) is 83.5 Å². The molecule has 0 aliphatic heterocycles. The Bertz CT molecular complexity index is 557. The molecule has 0 amide bonds. The van der Waals surface area contributed by atoms with Crippen molar-refractivity contribution in [3.8, 4) is 0 Å². The minimum absolute atomic E-state index is 0.487. The molecule has 0 aromatic heterocycles. The van der Waals surface area contributed by atoms with Gasteiger partial charge in [-0.25, -0.2) is 0 Å². The molecule has 0 fully saturated rings.